The van der Waals surface area contributed by atoms with Crippen molar-refractivity contribution in [3.8, 4) is 0 Å². The van der Waals surface area contributed by atoms with Crippen LogP contribution < -0.4 is 10.2 Å². The summed E-state index contributed by atoms with van der Waals surface area (Å²) in [5.41, 5.74) is 0.876. The van der Waals surface area contributed by atoms with Crippen LogP contribution in [0.15, 0.2) is 57.3 Å². The first-order valence-corrected chi connectivity index (χ1v) is 9.96. The molecule has 3 amide bonds. The summed E-state index contributed by atoms with van der Waals surface area (Å²) in [6.07, 6.45) is 0. The van der Waals surface area contributed by atoms with Crippen LogP contribution in [0.5, 0.6) is 0 Å². The van der Waals surface area contributed by atoms with E-state index in [-0.39, 0.29) is 6.54 Å². The molecule has 0 radical (unpaired) electrons. The van der Waals surface area contributed by atoms with E-state index in [1.165, 1.54) is 11.1 Å². The molecule has 0 aliphatic carbocycles. The highest BCUT2D eigenvalue weighted by atomic mass is 79.9. The van der Waals surface area contributed by atoms with Gasteiger partial charge in [0.1, 0.15) is 6.54 Å². The molecule has 2 aromatic carbocycles. The van der Waals surface area contributed by atoms with E-state index in [2.05, 4.69) is 31.6 Å². The smallest absolute Gasteiger partial charge is 0.263 e. The van der Waals surface area contributed by atoms with Gasteiger partial charge in [0.25, 0.3) is 11.8 Å². The number of rotatable bonds is 4. The second kappa shape index (κ2) is 7.74. The van der Waals surface area contributed by atoms with Gasteiger partial charge in [-0.05, 0) is 36.4 Å². The number of halogens is 3. The Morgan fingerprint density at radius 2 is 1.90 bits per heavy atom. The number of carbonyl (C=O) groups excluding carboxylic acids is 3. The van der Waals surface area contributed by atoms with Crippen molar-refractivity contribution in [1.29, 1.82) is 0 Å². The minimum atomic E-state index is -0.973. The molecule has 2 unspecified atom stereocenters. The van der Waals surface area contributed by atoms with Crippen molar-refractivity contribution in [2.45, 2.75) is 12.1 Å². The number of benzene rings is 2. The monoisotopic (exact) mass is 495 g/mol. The van der Waals surface area contributed by atoms with E-state index in [1.807, 2.05) is 0 Å². The molecule has 8 nitrogen and oxygen atoms in total. The van der Waals surface area contributed by atoms with Crippen molar-refractivity contribution in [2.75, 3.05) is 16.8 Å². The van der Waals surface area contributed by atoms with Gasteiger partial charge in [-0.2, -0.15) is 5.11 Å². The lowest BCUT2D eigenvalue weighted by Crippen LogP contribution is -2.43. The van der Waals surface area contributed by atoms with E-state index < -0.39 is 29.8 Å². The number of fused-ring (bicyclic) bond motifs is 1. The zero-order valence-corrected chi connectivity index (χ0v) is 17.6. The molecule has 2 aromatic rings. The number of nitrogens with one attached hydrogen (secondary N) is 1. The molecule has 2 heterocycles. The fraction of sp³-hybridized carbons (Fsp3) is 0.167. The number of carbonyl (C=O) groups is 3. The summed E-state index contributed by atoms with van der Waals surface area (Å²) in [6.45, 7) is -0.254. The molecule has 2 aliphatic rings. The molecule has 29 heavy (non-hydrogen) atoms. The summed E-state index contributed by atoms with van der Waals surface area (Å²) in [5.74, 6) is -1.40. The molecule has 1 saturated heterocycles. The molecule has 1 N–H and O–H groups in total. The van der Waals surface area contributed by atoms with Gasteiger partial charge in [0.2, 0.25) is 5.91 Å². The van der Waals surface area contributed by atoms with Crippen LogP contribution in [0.1, 0.15) is 0 Å². The lowest BCUT2D eigenvalue weighted by molar-refractivity contribution is -0.123. The highest BCUT2D eigenvalue weighted by molar-refractivity contribution is 9.10. The van der Waals surface area contributed by atoms with Gasteiger partial charge >= 0.3 is 0 Å². The summed E-state index contributed by atoms with van der Waals surface area (Å²) in [7, 11) is 0. The molecule has 4 rings (SSSR count). The molecule has 11 heteroatoms. The third-order valence-corrected chi connectivity index (χ3v) is 5.67. The Bertz CT molecular complexity index is 1060. The number of anilines is 2. The zero-order valence-electron chi connectivity index (χ0n) is 14.6. The second-order valence-corrected chi connectivity index (χ2v) is 8.09. The molecule has 0 bridgehead atoms. The van der Waals surface area contributed by atoms with Crippen LogP contribution in [0.3, 0.4) is 0 Å². The molecule has 1 fully saturated rings. The van der Waals surface area contributed by atoms with Gasteiger partial charge < -0.3 is 5.32 Å². The zero-order chi connectivity index (χ0) is 20.7. The summed E-state index contributed by atoms with van der Waals surface area (Å²) < 4.78 is 0.729. The number of imide groups is 1. The third-order valence-electron chi connectivity index (χ3n) is 4.43. The lowest BCUT2D eigenvalue weighted by Gasteiger charge is -2.20. The van der Waals surface area contributed by atoms with Crippen molar-refractivity contribution in [3.63, 3.8) is 0 Å². The summed E-state index contributed by atoms with van der Waals surface area (Å²) in [6, 6.07) is 9.55. The Morgan fingerprint density at radius 3 is 2.62 bits per heavy atom. The van der Waals surface area contributed by atoms with E-state index >= 15 is 0 Å². The van der Waals surface area contributed by atoms with Gasteiger partial charge in [0.15, 0.2) is 12.1 Å². The van der Waals surface area contributed by atoms with Gasteiger partial charge in [-0.3, -0.25) is 19.4 Å². The second-order valence-electron chi connectivity index (χ2n) is 6.36. The molecule has 2 aliphatic heterocycles. The predicted molar refractivity (Wildman–Crippen MR) is 111 cm³/mol. The number of hydrogen-bond donors (Lipinski definition) is 1. The Hall–Kier alpha value is -2.49. The maximum Gasteiger partial charge on any atom is 0.263 e. The van der Waals surface area contributed by atoms with Gasteiger partial charge in [-0.15, -0.1) is 0 Å². The Kier molecular flexibility index (Phi) is 5.28. The number of nitrogens with zero attached hydrogens (tertiary/aromatic N) is 4. The molecule has 0 saturated carbocycles. The van der Waals surface area contributed by atoms with Crippen molar-refractivity contribution < 1.29 is 14.4 Å². The van der Waals surface area contributed by atoms with E-state index in [0.717, 1.165) is 9.37 Å². The average molecular weight is 497 g/mol. The highest BCUT2D eigenvalue weighted by Crippen LogP contribution is 2.33. The van der Waals surface area contributed by atoms with Crippen LogP contribution in [0.25, 0.3) is 0 Å². The minimum absolute atomic E-state index is 0.254. The van der Waals surface area contributed by atoms with Crippen LogP contribution in [-0.4, -0.2) is 41.4 Å². The first-order valence-electron chi connectivity index (χ1n) is 8.41. The Labute approximate surface area is 183 Å². The fourth-order valence-corrected chi connectivity index (χ4v) is 3.83. The van der Waals surface area contributed by atoms with Gasteiger partial charge in [-0.1, -0.05) is 50.4 Å². The van der Waals surface area contributed by atoms with Crippen LogP contribution in [0.4, 0.5) is 11.4 Å². The van der Waals surface area contributed by atoms with E-state index in [4.69, 9.17) is 23.2 Å². The van der Waals surface area contributed by atoms with Crippen LogP contribution >= 0.6 is 39.1 Å². The highest BCUT2D eigenvalue weighted by Gasteiger charge is 2.55. The van der Waals surface area contributed by atoms with Gasteiger partial charge in [-0.25, -0.2) is 4.90 Å². The van der Waals surface area contributed by atoms with Crippen molar-refractivity contribution in [2.24, 2.45) is 10.3 Å². The van der Waals surface area contributed by atoms with Gasteiger partial charge in [0.05, 0.1) is 15.7 Å². The molecule has 148 valence electrons. The summed E-state index contributed by atoms with van der Waals surface area (Å²) in [5, 5.41) is 12.3. The molecular formula is C18H12BrCl2N5O3. The van der Waals surface area contributed by atoms with E-state index in [0.29, 0.717) is 21.4 Å². The molecule has 0 aromatic heterocycles. The van der Waals surface area contributed by atoms with Gasteiger partial charge in [0, 0.05) is 10.2 Å². The summed E-state index contributed by atoms with van der Waals surface area (Å²) in [4.78, 5) is 39.1. The quantitative estimate of drug-likeness (QED) is 0.653. The van der Waals surface area contributed by atoms with Crippen molar-refractivity contribution >= 4 is 68.2 Å². The first kappa shape index (κ1) is 19.8. The van der Waals surface area contributed by atoms with Crippen LogP contribution in [-0.2, 0) is 14.4 Å². The lowest BCUT2D eigenvalue weighted by atomic mass is 10.1. The maximum atomic E-state index is 12.9. The maximum absolute atomic E-state index is 12.9. The standard InChI is InChI=1S/C18H12BrCl2N5O3/c19-9-2-1-3-11(6-9)26-17(28)15-16(18(26)29)25(24-23-15)8-14(27)22-10-4-5-12(20)13(21)7-10/h1-7,15-16H,8H2,(H,22,27). The van der Waals surface area contributed by atoms with Crippen molar-refractivity contribution in [3.05, 3.63) is 57.0 Å². The third kappa shape index (κ3) is 3.73. The Morgan fingerprint density at radius 1 is 1.10 bits per heavy atom. The Balaban J connectivity index is 1.49. The fourth-order valence-electron chi connectivity index (χ4n) is 3.15. The first-order chi connectivity index (χ1) is 13.8. The number of amides is 3. The predicted octanol–water partition coefficient (Wildman–Crippen LogP) is 3.69. The summed E-state index contributed by atoms with van der Waals surface area (Å²) >= 11 is 15.1. The van der Waals surface area contributed by atoms with E-state index in [9.17, 15) is 14.4 Å². The average Bonchev–Trinajstić information content (AvgIpc) is 3.18. The van der Waals surface area contributed by atoms with E-state index in [1.54, 1.807) is 36.4 Å². The van der Waals surface area contributed by atoms with Crippen molar-refractivity contribution in [1.82, 2.24) is 5.01 Å². The largest absolute Gasteiger partial charge is 0.324 e. The number of hydrogen-bond acceptors (Lipinski definition) is 6. The molecular weight excluding hydrogens is 485 g/mol. The topological polar surface area (TPSA) is 94.4 Å². The normalized spacial score (nSPS) is 20.4. The van der Waals surface area contributed by atoms with Crippen LogP contribution in [0, 0.1) is 0 Å². The molecule has 0 spiro atoms. The van der Waals surface area contributed by atoms with Crippen LogP contribution in [0.2, 0.25) is 10.0 Å². The molecule has 2 atom stereocenters. The SMILES string of the molecule is O=C(CN1N=NC2C(=O)N(c3cccc(Br)c3)C(=O)C21)Nc1ccc(Cl)c(Cl)c1. The minimum Gasteiger partial charge on any atom is -0.324 e.